The minimum Gasteiger partial charge on any atom is -0.453 e. The third-order valence-corrected chi connectivity index (χ3v) is 6.16. The average molecular weight is 498 g/mol. The smallest absolute Gasteiger partial charge is 0.409 e. The predicted octanol–water partition coefficient (Wildman–Crippen LogP) is 4.39. The van der Waals surface area contributed by atoms with Crippen LogP contribution in [0.25, 0.3) is 11.3 Å². The summed E-state index contributed by atoms with van der Waals surface area (Å²) < 4.78 is 19.7. The zero-order valence-corrected chi connectivity index (χ0v) is 19.9. The molecule has 182 valence electrons. The van der Waals surface area contributed by atoms with Gasteiger partial charge in [0.15, 0.2) is 0 Å². The van der Waals surface area contributed by atoms with Crippen molar-refractivity contribution in [3.05, 3.63) is 76.3 Å². The highest BCUT2D eigenvalue weighted by Crippen LogP contribution is 2.30. The number of hydrogen-bond donors (Lipinski definition) is 2. The summed E-state index contributed by atoms with van der Waals surface area (Å²) in [5.74, 6) is -1.15. The van der Waals surface area contributed by atoms with Gasteiger partial charge in [0.1, 0.15) is 17.3 Å². The normalized spacial score (nSPS) is 15.5. The van der Waals surface area contributed by atoms with E-state index in [-0.39, 0.29) is 29.9 Å². The van der Waals surface area contributed by atoms with Crippen molar-refractivity contribution in [2.45, 2.75) is 25.3 Å². The van der Waals surface area contributed by atoms with Gasteiger partial charge in [0.05, 0.1) is 24.6 Å². The molecular weight excluding hydrogens is 473 g/mol. The lowest BCUT2D eigenvalue weighted by atomic mass is 9.95. The lowest BCUT2D eigenvalue weighted by Gasteiger charge is -2.31. The minimum absolute atomic E-state index is 0.0453. The van der Waals surface area contributed by atoms with E-state index < -0.39 is 11.7 Å². The summed E-state index contributed by atoms with van der Waals surface area (Å²) in [7, 11) is 1.35. The molecule has 1 unspecified atom stereocenters. The standard InChI is InChI=1S/C25H25ClFN5O3/c1-35-25(34)32-9-3-5-17(14-32)21-13-29-23(28)22(31-21)16-7-8-19(20(27)11-16)24(33)30-12-15-4-2-6-18(26)10-15/h2,4,6-8,10-11,13,17H,3,5,9,12,14H2,1H3,(H2,28,29)(H,30,33). The quantitative estimate of drug-likeness (QED) is 0.540. The van der Waals surface area contributed by atoms with E-state index in [1.54, 1.807) is 35.4 Å². The lowest BCUT2D eigenvalue weighted by Crippen LogP contribution is -2.39. The molecular formula is C25H25ClFN5O3. The number of piperidine rings is 1. The number of ether oxygens (including phenoxy) is 1. The number of nitrogens with two attached hydrogens (primary N) is 1. The Hall–Kier alpha value is -3.72. The number of nitrogens with one attached hydrogen (secondary N) is 1. The second-order valence-corrected chi connectivity index (χ2v) is 8.73. The van der Waals surface area contributed by atoms with E-state index in [9.17, 15) is 14.0 Å². The Balaban J connectivity index is 1.51. The number of hydrogen-bond acceptors (Lipinski definition) is 6. The molecule has 0 bridgehead atoms. The topological polar surface area (TPSA) is 110 Å². The molecule has 3 aromatic rings. The van der Waals surface area contributed by atoms with Crippen molar-refractivity contribution in [1.29, 1.82) is 0 Å². The van der Waals surface area contributed by atoms with Gasteiger partial charge in [-0.3, -0.25) is 4.79 Å². The average Bonchev–Trinajstić information content (AvgIpc) is 2.87. The van der Waals surface area contributed by atoms with E-state index in [1.807, 2.05) is 6.07 Å². The molecule has 0 radical (unpaired) electrons. The van der Waals surface area contributed by atoms with Crippen LogP contribution in [0.3, 0.4) is 0 Å². The number of anilines is 1. The van der Waals surface area contributed by atoms with E-state index in [2.05, 4.69) is 15.3 Å². The number of likely N-dealkylation sites (tertiary alicyclic amines) is 1. The molecule has 1 aliphatic rings. The molecule has 0 aliphatic carbocycles. The van der Waals surface area contributed by atoms with Crippen LogP contribution in [-0.2, 0) is 11.3 Å². The summed E-state index contributed by atoms with van der Waals surface area (Å²) in [6, 6.07) is 11.3. The van der Waals surface area contributed by atoms with Gasteiger partial charge in [-0.2, -0.15) is 0 Å². The number of nitrogen functional groups attached to an aromatic ring is 1. The summed E-state index contributed by atoms with van der Waals surface area (Å²) in [5, 5.41) is 3.25. The number of nitrogens with zero attached hydrogens (tertiary/aromatic N) is 3. The first-order chi connectivity index (χ1) is 16.9. The highest BCUT2D eigenvalue weighted by atomic mass is 35.5. The molecule has 1 aliphatic heterocycles. The van der Waals surface area contributed by atoms with Crippen LogP contribution < -0.4 is 11.1 Å². The largest absolute Gasteiger partial charge is 0.453 e. The molecule has 0 spiro atoms. The Kier molecular flexibility index (Phi) is 7.45. The molecule has 2 heterocycles. The van der Waals surface area contributed by atoms with Gasteiger partial charge < -0.3 is 20.7 Å². The number of methoxy groups -OCH3 is 1. The van der Waals surface area contributed by atoms with Crippen molar-refractivity contribution in [3.8, 4) is 11.3 Å². The third kappa shape index (κ3) is 5.68. The van der Waals surface area contributed by atoms with E-state index in [0.29, 0.717) is 35.1 Å². The van der Waals surface area contributed by atoms with Gasteiger partial charge >= 0.3 is 6.09 Å². The number of rotatable bonds is 5. The van der Waals surface area contributed by atoms with Crippen LogP contribution in [0, 0.1) is 5.82 Å². The number of amides is 2. The molecule has 8 nitrogen and oxygen atoms in total. The lowest BCUT2D eigenvalue weighted by molar-refractivity contribution is 0.0946. The zero-order chi connectivity index (χ0) is 24.9. The molecule has 1 fully saturated rings. The van der Waals surface area contributed by atoms with Gasteiger partial charge in [-0.05, 0) is 42.7 Å². The van der Waals surface area contributed by atoms with Crippen LogP contribution in [0.5, 0.6) is 0 Å². The number of benzene rings is 2. The molecule has 10 heteroatoms. The van der Waals surface area contributed by atoms with Gasteiger partial charge in [-0.1, -0.05) is 29.8 Å². The Morgan fingerprint density at radius 1 is 1.29 bits per heavy atom. The van der Waals surface area contributed by atoms with Crippen LogP contribution in [0.2, 0.25) is 5.02 Å². The second-order valence-electron chi connectivity index (χ2n) is 8.29. The van der Waals surface area contributed by atoms with Crippen LogP contribution in [0.4, 0.5) is 15.0 Å². The van der Waals surface area contributed by atoms with Crippen molar-refractivity contribution in [3.63, 3.8) is 0 Å². The van der Waals surface area contributed by atoms with Crippen LogP contribution in [-0.4, -0.2) is 47.1 Å². The fraction of sp³-hybridized carbons (Fsp3) is 0.280. The van der Waals surface area contributed by atoms with Crippen molar-refractivity contribution in [2.75, 3.05) is 25.9 Å². The predicted molar refractivity (Wildman–Crippen MR) is 130 cm³/mol. The summed E-state index contributed by atoms with van der Waals surface area (Å²) in [5.41, 5.74) is 8.14. The van der Waals surface area contributed by atoms with E-state index >= 15 is 0 Å². The van der Waals surface area contributed by atoms with Gasteiger partial charge in [0.2, 0.25) is 0 Å². The molecule has 4 rings (SSSR count). The third-order valence-electron chi connectivity index (χ3n) is 5.92. The fourth-order valence-corrected chi connectivity index (χ4v) is 4.32. The van der Waals surface area contributed by atoms with Crippen LogP contribution in [0.1, 0.15) is 40.4 Å². The molecule has 2 amide bonds. The molecule has 1 atom stereocenters. The Labute approximate surface area is 207 Å². The van der Waals surface area contributed by atoms with E-state index in [4.69, 9.17) is 22.1 Å². The van der Waals surface area contributed by atoms with Crippen molar-refractivity contribution in [1.82, 2.24) is 20.2 Å². The SMILES string of the molecule is COC(=O)N1CCCC(c2cnc(N)c(-c3ccc(C(=O)NCc4cccc(Cl)c4)c(F)c3)n2)C1. The summed E-state index contributed by atoms with van der Waals surface area (Å²) in [4.78, 5) is 35.0. The highest BCUT2D eigenvalue weighted by molar-refractivity contribution is 6.30. The number of carbonyl (C=O) groups is 2. The fourth-order valence-electron chi connectivity index (χ4n) is 4.11. The maximum Gasteiger partial charge on any atom is 0.409 e. The highest BCUT2D eigenvalue weighted by Gasteiger charge is 2.27. The Bertz CT molecular complexity index is 1260. The summed E-state index contributed by atoms with van der Waals surface area (Å²) in [6.45, 7) is 1.28. The molecule has 1 aromatic heterocycles. The van der Waals surface area contributed by atoms with Crippen LogP contribution in [0.15, 0.2) is 48.7 Å². The summed E-state index contributed by atoms with van der Waals surface area (Å²) in [6.07, 6.45) is 2.82. The molecule has 2 aromatic carbocycles. The van der Waals surface area contributed by atoms with Gasteiger partial charge in [0.25, 0.3) is 5.91 Å². The summed E-state index contributed by atoms with van der Waals surface area (Å²) >= 11 is 5.96. The van der Waals surface area contributed by atoms with Gasteiger partial charge in [-0.15, -0.1) is 0 Å². The maximum atomic E-state index is 14.9. The van der Waals surface area contributed by atoms with E-state index in [0.717, 1.165) is 18.4 Å². The number of halogens is 2. The van der Waals surface area contributed by atoms with Crippen molar-refractivity contribution >= 4 is 29.4 Å². The first-order valence-electron chi connectivity index (χ1n) is 11.1. The molecule has 3 N–H and O–H groups in total. The Morgan fingerprint density at radius 2 is 2.11 bits per heavy atom. The van der Waals surface area contributed by atoms with E-state index in [1.165, 1.54) is 19.2 Å². The first kappa shape index (κ1) is 24.4. The molecule has 35 heavy (non-hydrogen) atoms. The maximum absolute atomic E-state index is 14.9. The number of carbonyl (C=O) groups excluding carboxylic acids is 2. The van der Waals surface area contributed by atoms with Crippen molar-refractivity contribution in [2.24, 2.45) is 0 Å². The van der Waals surface area contributed by atoms with Gasteiger partial charge in [0, 0.05) is 36.1 Å². The molecule has 1 saturated heterocycles. The van der Waals surface area contributed by atoms with Gasteiger partial charge in [-0.25, -0.2) is 19.2 Å². The zero-order valence-electron chi connectivity index (χ0n) is 19.1. The first-order valence-corrected chi connectivity index (χ1v) is 11.5. The Morgan fingerprint density at radius 3 is 2.86 bits per heavy atom. The minimum atomic E-state index is -0.702. The second kappa shape index (κ2) is 10.7. The number of aromatic nitrogens is 2. The monoisotopic (exact) mass is 497 g/mol. The van der Waals surface area contributed by atoms with Crippen LogP contribution >= 0.6 is 11.6 Å². The molecule has 0 saturated carbocycles. The van der Waals surface area contributed by atoms with Crippen molar-refractivity contribution < 1.29 is 18.7 Å².